The van der Waals surface area contributed by atoms with Crippen LogP contribution in [-0.4, -0.2) is 61.0 Å². The number of rotatable bonds is 3. The van der Waals surface area contributed by atoms with Crippen molar-refractivity contribution in [3.63, 3.8) is 0 Å². The first-order valence-electron chi connectivity index (χ1n) is 6.96. The molecule has 4 heteroatoms. The van der Waals surface area contributed by atoms with Gasteiger partial charge in [-0.25, -0.2) is 0 Å². The van der Waals surface area contributed by atoms with Crippen molar-refractivity contribution in [1.29, 1.82) is 0 Å². The summed E-state index contributed by atoms with van der Waals surface area (Å²) >= 11 is 0. The minimum Gasteiger partial charge on any atom is -0.340 e. The van der Waals surface area contributed by atoms with E-state index in [0.29, 0.717) is 11.9 Å². The SMILES string of the molecule is CCC(C)C(=O)N1CCN(C2CCNC2)CC1. The van der Waals surface area contributed by atoms with Gasteiger partial charge in [-0.1, -0.05) is 13.8 Å². The molecule has 1 N–H and O–H groups in total. The molecule has 0 aliphatic carbocycles. The molecule has 0 bridgehead atoms. The minimum absolute atomic E-state index is 0.190. The largest absolute Gasteiger partial charge is 0.340 e. The van der Waals surface area contributed by atoms with Crippen LogP contribution < -0.4 is 5.32 Å². The fourth-order valence-electron chi connectivity index (χ4n) is 2.74. The Labute approximate surface area is 104 Å². The van der Waals surface area contributed by atoms with Crippen molar-refractivity contribution < 1.29 is 4.79 Å². The summed E-state index contributed by atoms with van der Waals surface area (Å²) in [6, 6.07) is 0.704. The molecule has 4 nitrogen and oxygen atoms in total. The van der Waals surface area contributed by atoms with Crippen LogP contribution in [0.3, 0.4) is 0 Å². The fourth-order valence-corrected chi connectivity index (χ4v) is 2.74. The van der Waals surface area contributed by atoms with E-state index in [9.17, 15) is 4.79 Å². The first-order valence-corrected chi connectivity index (χ1v) is 6.96. The third-order valence-electron chi connectivity index (χ3n) is 4.21. The van der Waals surface area contributed by atoms with Gasteiger partial charge in [0.1, 0.15) is 0 Å². The summed E-state index contributed by atoms with van der Waals surface area (Å²) < 4.78 is 0. The molecular weight excluding hydrogens is 214 g/mol. The minimum atomic E-state index is 0.190. The molecule has 0 radical (unpaired) electrons. The van der Waals surface area contributed by atoms with Crippen molar-refractivity contribution >= 4 is 5.91 Å². The molecule has 2 aliphatic rings. The van der Waals surface area contributed by atoms with Crippen LogP contribution in [0.2, 0.25) is 0 Å². The van der Waals surface area contributed by atoms with E-state index in [0.717, 1.165) is 45.7 Å². The molecule has 0 saturated carbocycles. The van der Waals surface area contributed by atoms with Gasteiger partial charge >= 0.3 is 0 Å². The second kappa shape index (κ2) is 5.83. The highest BCUT2D eigenvalue weighted by atomic mass is 16.2. The summed E-state index contributed by atoms with van der Waals surface area (Å²) in [4.78, 5) is 16.6. The van der Waals surface area contributed by atoms with Gasteiger partial charge in [0.2, 0.25) is 5.91 Å². The smallest absolute Gasteiger partial charge is 0.225 e. The number of hydrogen-bond acceptors (Lipinski definition) is 3. The summed E-state index contributed by atoms with van der Waals surface area (Å²) in [5.41, 5.74) is 0. The van der Waals surface area contributed by atoms with Crippen LogP contribution in [0.25, 0.3) is 0 Å². The first-order chi connectivity index (χ1) is 8.22. The lowest BCUT2D eigenvalue weighted by atomic mass is 10.1. The molecule has 2 fully saturated rings. The molecule has 0 aromatic carbocycles. The quantitative estimate of drug-likeness (QED) is 0.781. The number of piperazine rings is 1. The van der Waals surface area contributed by atoms with Crippen LogP contribution >= 0.6 is 0 Å². The predicted octanol–water partition coefficient (Wildman–Crippen LogP) is 0.539. The zero-order valence-corrected chi connectivity index (χ0v) is 11.1. The van der Waals surface area contributed by atoms with Crippen molar-refractivity contribution in [2.45, 2.75) is 32.7 Å². The summed E-state index contributed by atoms with van der Waals surface area (Å²) in [6.07, 6.45) is 2.21. The third-order valence-corrected chi connectivity index (χ3v) is 4.21. The Morgan fingerprint density at radius 1 is 1.35 bits per heavy atom. The van der Waals surface area contributed by atoms with Gasteiger partial charge in [0.15, 0.2) is 0 Å². The van der Waals surface area contributed by atoms with E-state index in [1.165, 1.54) is 6.42 Å². The molecule has 0 aromatic rings. The second-order valence-corrected chi connectivity index (χ2v) is 5.32. The van der Waals surface area contributed by atoms with Gasteiger partial charge in [0.25, 0.3) is 0 Å². The van der Waals surface area contributed by atoms with Crippen molar-refractivity contribution in [2.24, 2.45) is 5.92 Å². The molecule has 0 spiro atoms. The molecule has 17 heavy (non-hydrogen) atoms. The third kappa shape index (κ3) is 2.99. The molecule has 98 valence electrons. The van der Waals surface area contributed by atoms with Gasteiger partial charge in [0.05, 0.1) is 0 Å². The fraction of sp³-hybridized carbons (Fsp3) is 0.923. The normalized spacial score (nSPS) is 28.4. The number of carbonyl (C=O) groups is 1. The first kappa shape index (κ1) is 12.8. The second-order valence-electron chi connectivity index (χ2n) is 5.32. The lowest BCUT2D eigenvalue weighted by Gasteiger charge is -2.38. The highest BCUT2D eigenvalue weighted by molar-refractivity contribution is 5.78. The Kier molecular flexibility index (Phi) is 4.40. The molecular formula is C13H25N3O. The van der Waals surface area contributed by atoms with Gasteiger partial charge in [-0.05, 0) is 19.4 Å². The van der Waals surface area contributed by atoms with Crippen molar-refractivity contribution in [3.8, 4) is 0 Å². The average Bonchev–Trinajstić information content (AvgIpc) is 2.91. The van der Waals surface area contributed by atoms with Crippen LogP contribution in [0.15, 0.2) is 0 Å². The maximum absolute atomic E-state index is 12.1. The highest BCUT2D eigenvalue weighted by Gasteiger charge is 2.28. The summed E-state index contributed by atoms with van der Waals surface area (Å²) in [7, 11) is 0. The van der Waals surface area contributed by atoms with Gasteiger partial charge in [0, 0.05) is 44.7 Å². The van der Waals surface area contributed by atoms with Crippen molar-refractivity contribution in [1.82, 2.24) is 15.1 Å². The Bertz CT molecular complexity index is 255. The number of hydrogen-bond donors (Lipinski definition) is 1. The van der Waals surface area contributed by atoms with E-state index in [1.807, 2.05) is 11.8 Å². The lowest BCUT2D eigenvalue weighted by molar-refractivity contribution is -0.137. The number of amides is 1. The Morgan fingerprint density at radius 3 is 2.59 bits per heavy atom. The van der Waals surface area contributed by atoms with Crippen LogP contribution in [0.4, 0.5) is 0 Å². The molecule has 0 aromatic heterocycles. The lowest BCUT2D eigenvalue weighted by Crippen LogP contribution is -2.53. The van der Waals surface area contributed by atoms with E-state index >= 15 is 0 Å². The van der Waals surface area contributed by atoms with Gasteiger partial charge in [-0.3, -0.25) is 9.69 Å². The van der Waals surface area contributed by atoms with Crippen molar-refractivity contribution in [2.75, 3.05) is 39.3 Å². The standard InChI is InChI=1S/C13H25N3O/c1-3-11(2)13(17)16-8-6-15(7-9-16)12-4-5-14-10-12/h11-12,14H,3-10H2,1-2H3. The van der Waals surface area contributed by atoms with E-state index in [2.05, 4.69) is 17.1 Å². The topological polar surface area (TPSA) is 35.6 Å². The van der Waals surface area contributed by atoms with Gasteiger partial charge in [-0.2, -0.15) is 0 Å². The maximum Gasteiger partial charge on any atom is 0.225 e. The average molecular weight is 239 g/mol. The van der Waals surface area contributed by atoms with Crippen LogP contribution in [-0.2, 0) is 4.79 Å². The number of carbonyl (C=O) groups excluding carboxylic acids is 1. The van der Waals surface area contributed by atoms with E-state index in [4.69, 9.17) is 0 Å². The Balaban J connectivity index is 1.79. The zero-order valence-electron chi connectivity index (χ0n) is 11.1. The van der Waals surface area contributed by atoms with Crippen LogP contribution in [0.1, 0.15) is 26.7 Å². The zero-order chi connectivity index (χ0) is 12.3. The van der Waals surface area contributed by atoms with Crippen molar-refractivity contribution in [3.05, 3.63) is 0 Å². The molecule has 2 aliphatic heterocycles. The maximum atomic E-state index is 12.1. The number of nitrogens with zero attached hydrogens (tertiary/aromatic N) is 2. The summed E-state index contributed by atoms with van der Waals surface area (Å²) in [5, 5.41) is 3.41. The van der Waals surface area contributed by atoms with E-state index in [-0.39, 0.29) is 5.92 Å². The summed E-state index contributed by atoms with van der Waals surface area (Å²) in [5.74, 6) is 0.534. The Hall–Kier alpha value is -0.610. The molecule has 1 amide bonds. The predicted molar refractivity (Wildman–Crippen MR) is 68.9 cm³/mol. The molecule has 2 unspecified atom stereocenters. The highest BCUT2D eigenvalue weighted by Crippen LogP contribution is 2.14. The molecule has 2 saturated heterocycles. The molecule has 2 atom stereocenters. The molecule has 2 heterocycles. The van der Waals surface area contributed by atoms with Gasteiger partial charge in [-0.15, -0.1) is 0 Å². The van der Waals surface area contributed by atoms with Crippen LogP contribution in [0, 0.1) is 5.92 Å². The van der Waals surface area contributed by atoms with Crippen LogP contribution in [0.5, 0.6) is 0 Å². The monoisotopic (exact) mass is 239 g/mol. The number of nitrogens with one attached hydrogen (secondary N) is 1. The Morgan fingerprint density at radius 2 is 2.06 bits per heavy atom. The van der Waals surface area contributed by atoms with E-state index in [1.54, 1.807) is 0 Å². The summed E-state index contributed by atoms with van der Waals surface area (Å²) in [6.45, 7) is 10.3. The van der Waals surface area contributed by atoms with Gasteiger partial charge < -0.3 is 10.2 Å². The molecule has 2 rings (SSSR count). The van der Waals surface area contributed by atoms with E-state index < -0.39 is 0 Å².